The van der Waals surface area contributed by atoms with E-state index in [-0.39, 0.29) is 11.7 Å². The number of hydrogen-bond acceptors (Lipinski definition) is 2. The van der Waals surface area contributed by atoms with Crippen molar-refractivity contribution in [2.75, 3.05) is 0 Å². The zero-order valence-electron chi connectivity index (χ0n) is 13.9. The van der Waals surface area contributed by atoms with Crippen LogP contribution in [0.25, 0.3) is 0 Å². The molecule has 0 aliphatic heterocycles. The molecule has 3 aromatic rings. The lowest BCUT2D eigenvalue weighted by Crippen LogP contribution is -2.21. The molecule has 0 aliphatic carbocycles. The SMILES string of the molecule is O=CC[C@H](c1ccccc1)C(C(=O)c1ccccc1)c1ccccc1. The van der Waals surface area contributed by atoms with Crippen molar-refractivity contribution < 1.29 is 9.59 Å². The zero-order valence-corrected chi connectivity index (χ0v) is 13.9. The van der Waals surface area contributed by atoms with Crippen molar-refractivity contribution in [1.82, 2.24) is 0 Å². The summed E-state index contributed by atoms with van der Waals surface area (Å²) in [4.78, 5) is 24.7. The fraction of sp³-hybridized carbons (Fsp3) is 0.130. The first-order valence-corrected chi connectivity index (χ1v) is 8.44. The summed E-state index contributed by atoms with van der Waals surface area (Å²) in [5.74, 6) is -0.535. The maximum Gasteiger partial charge on any atom is 0.170 e. The van der Waals surface area contributed by atoms with E-state index >= 15 is 0 Å². The van der Waals surface area contributed by atoms with Crippen molar-refractivity contribution in [3.63, 3.8) is 0 Å². The second-order valence-corrected chi connectivity index (χ2v) is 6.04. The van der Waals surface area contributed by atoms with Gasteiger partial charge in [-0.05, 0) is 11.1 Å². The van der Waals surface area contributed by atoms with Gasteiger partial charge in [0.05, 0.1) is 5.92 Å². The molecule has 2 nitrogen and oxygen atoms in total. The summed E-state index contributed by atoms with van der Waals surface area (Å²) in [6.07, 6.45) is 1.22. The van der Waals surface area contributed by atoms with Gasteiger partial charge in [-0.3, -0.25) is 4.79 Å². The smallest absolute Gasteiger partial charge is 0.170 e. The van der Waals surface area contributed by atoms with E-state index in [9.17, 15) is 9.59 Å². The van der Waals surface area contributed by atoms with Crippen molar-refractivity contribution in [3.8, 4) is 0 Å². The van der Waals surface area contributed by atoms with Crippen LogP contribution in [0.15, 0.2) is 91.0 Å². The Labute approximate surface area is 148 Å². The van der Waals surface area contributed by atoms with E-state index in [0.717, 1.165) is 17.4 Å². The third-order valence-electron chi connectivity index (χ3n) is 4.48. The van der Waals surface area contributed by atoms with Crippen LogP contribution in [0.2, 0.25) is 0 Å². The first kappa shape index (κ1) is 16.8. The molecular weight excluding hydrogens is 308 g/mol. The summed E-state index contributed by atoms with van der Waals surface area (Å²) in [6.45, 7) is 0. The number of carbonyl (C=O) groups is 2. The maximum atomic E-state index is 13.3. The third kappa shape index (κ3) is 3.92. The average molecular weight is 328 g/mol. The minimum Gasteiger partial charge on any atom is -0.303 e. The summed E-state index contributed by atoms with van der Waals surface area (Å²) < 4.78 is 0. The first-order chi connectivity index (χ1) is 12.3. The van der Waals surface area contributed by atoms with Crippen LogP contribution in [0.1, 0.15) is 39.7 Å². The molecule has 0 aliphatic rings. The third-order valence-corrected chi connectivity index (χ3v) is 4.48. The molecule has 0 saturated heterocycles. The minimum atomic E-state index is -0.392. The molecule has 124 valence electrons. The number of aldehydes is 1. The predicted molar refractivity (Wildman–Crippen MR) is 99.8 cm³/mol. The molecule has 0 amide bonds. The fourth-order valence-corrected chi connectivity index (χ4v) is 3.28. The largest absolute Gasteiger partial charge is 0.303 e. The second kappa shape index (κ2) is 8.20. The van der Waals surface area contributed by atoms with E-state index in [1.54, 1.807) is 0 Å². The van der Waals surface area contributed by atoms with Gasteiger partial charge in [-0.2, -0.15) is 0 Å². The minimum absolute atomic E-state index is 0.0440. The lowest BCUT2D eigenvalue weighted by atomic mass is 9.76. The highest BCUT2D eigenvalue weighted by molar-refractivity contribution is 6.01. The van der Waals surface area contributed by atoms with Gasteiger partial charge in [-0.25, -0.2) is 0 Å². The Hall–Kier alpha value is -3.00. The summed E-state index contributed by atoms with van der Waals surface area (Å²) in [5, 5.41) is 0. The molecule has 0 aromatic heterocycles. The van der Waals surface area contributed by atoms with E-state index in [1.165, 1.54) is 0 Å². The van der Waals surface area contributed by atoms with E-state index < -0.39 is 5.92 Å². The zero-order chi connectivity index (χ0) is 17.5. The molecule has 0 saturated carbocycles. The van der Waals surface area contributed by atoms with Gasteiger partial charge in [0.2, 0.25) is 0 Å². The molecular formula is C23H20O2. The highest BCUT2D eigenvalue weighted by atomic mass is 16.1. The van der Waals surface area contributed by atoms with Crippen molar-refractivity contribution in [2.24, 2.45) is 0 Å². The van der Waals surface area contributed by atoms with Crippen molar-refractivity contribution >= 4 is 12.1 Å². The van der Waals surface area contributed by atoms with Crippen molar-refractivity contribution in [1.29, 1.82) is 0 Å². The average Bonchev–Trinajstić information content (AvgIpc) is 2.69. The van der Waals surface area contributed by atoms with Gasteiger partial charge in [0.1, 0.15) is 6.29 Å². The van der Waals surface area contributed by atoms with E-state index in [1.807, 2.05) is 91.0 Å². The van der Waals surface area contributed by atoms with Crippen LogP contribution in [0.3, 0.4) is 0 Å². The highest BCUT2D eigenvalue weighted by Crippen LogP contribution is 2.37. The van der Waals surface area contributed by atoms with Crippen LogP contribution in [-0.2, 0) is 4.79 Å². The van der Waals surface area contributed by atoms with Crippen LogP contribution in [0.5, 0.6) is 0 Å². The summed E-state index contributed by atoms with van der Waals surface area (Å²) in [7, 11) is 0. The molecule has 2 heteroatoms. The standard InChI is InChI=1S/C23H20O2/c24-17-16-21(18-10-4-1-5-11-18)22(19-12-6-2-7-13-19)23(25)20-14-8-3-9-15-20/h1-15,17,21-22H,16H2/t21-,22?/m1/s1. The molecule has 0 fully saturated rings. The Kier molecular flexibility index (Phi) is 5.53. The number of hydrogen-bond donors (Lipinski definition) is 0. The highest BCUT2D eigenvalue weighted by Gasteiger charge is 2.31. The van der Waals surface area contributed by atoms with Crippen molar-refractivity contribution in [3.05, 3.63) is 108 Å². The van der Waals surface area contributed by atoms with Crippen molar-refractivity contribution in [2.45, 2.75) is 18.3 Å². The van der Waals surface area contributed by atoms with E-state index in [0.29, 0.717) is 12.0 Å². The Morgan fingerprint density at radius 2 is 1.20 bits per heavy atom. The Bertz CT molecular complexity index is 810. The predicted octanol–water partition coefficient (Wildman–Crippen LogP) is 5.03. The molecule has 3 rings (SSSR count). The Morgan fingerprint density at radius 3 is 1.72 bits per heavy atom. The van der Waals surface area contributed by atoms with Gasteiger partial charge < -0.3 is 4.79 Å². The topological polar surface area (TPSA) is 34.1 Å². The normalized spacial score (nSPS) is 13.0. The second-order valence-electron chi connectivity index (χ2n) is 6.04. The molecule has 25 heavy (non-hydrogen) atoms. The molecule has 0 heterocycles. The van der Waals surface area contributed by atoms with Gasteiger partial charge >= 0.3 is 0 Å². The Morgan fingerprint density at radius 1 is 0.720 bits per heavy atom. The monoisotopic (exact) mass is 328 g/mol. The molecule has 1 unspecified atom stereocenters. The van der Waals surface area contributed by atoms with Crippen LogP contribution in [-0.4, -0.2) is 12.1 Å². The van der Waals surface area contributed by atoms with Gasteiger partial charge in [0, 0.05) is 17.9 Å². The van der Waals surface area contributed by atoms with Gasteiger partial charge in [0.15, 0.2) is 5.78 Å². The van der Waals surface area contributed by atoms with E-state index in [4.69, 9.17) is 0 Å². The Balaban J connectivity index is 2.09. The molecule has 3 aromatic carbocycles. The molecule has 2 atom stereocenters. The van der Waals surface area contributed by atoms with Gasteiger partial charge in [-0.15, -0.1) is 0 Å². The molecule has 0 N–H and O–H groups in total. The molecule has 0 spiro atoms. The summed E-state index contributed by atoms with van der Waals surface area (Å²) >= 11 is 0. The number of carbonyl (C=O) groups excluding carboxylic acids is 2. The maximum absolute atomic E-state index is 13.3. The lowest BCUT2D eigenvalue weighted by Gasteiger charge is -2.26. The lowest BCUT2D eigenvalue weighted by molar-refractivity contribution is -0.108. The van der Waals surface area contributed by atoms with E-state index in [2.05, 4.69) is 0 Å². The van der Waals surface area contributed by atoms with Gasteiger partial charge in [-0.1, -0.05) is 91.0 Å². The van der Waals surface area contributed by atoms with Gasteiger partial charge in [0.25, 0.3) is 0 Å². The molecule has 0 bridgehead atoms. The van der Waals surface area contributed by atoms with Crippen LogP contribution in [0, 0.1) is 0 Å². The van der Waals surface area contributed by atoms with Crippen LogP contribution < -0.4 is 0 Å². The number of benzene rings is 3. The number of Topliss-reactive ketones (excluding diaryl/α,β-unsaturated/α-hetero) is 1. The van der Waals surface area contributed by atoms with Crippen LogP contribution >= 0.6 is 0 Å². The number of rotatable bonds is 7. The van der Waals surface area contributed by atoms with Crippen LogP contribution in [0.4, 0.5) is 0 Å². The molecule has 0 radical (unpaired) electrons. The quantitative estimate of drug-likeness (QED) is 0.450. The summed E-state index contributed by atoms with van der Waals surface area (Å²) in [6, 6.07) is 28.8. The summed E-state index contributed by atoms with van der Waals surface area (Å²) in [5.41, 5.74) is 2.61. The fourth-order valence-electron chi connectivity index (χ4n) is 3.28. The number of ketones is 1. The first-order valence-electron chi connectivity index (χ1n) is 8.44.